The van der Waals surface area contributed by atoms with Crippen LogP contribution < -0.4 is 5.32 Å². The van der Waals surface area contributed by atoms with E-state index in [1.165, 1.54) is 48.6 Å². The molecule has 1 spiro atoms. The first-order chi connectivity index (χ1) is 8.69. The van der Waals surface area contributed by atoms with Crippen molar-refractivity contribution in [2.24, 2.45) is 0 Å². The summed E-state index contributed by atoms with van der Waals surface area (Å²) in [5.74, 6) is 0.682. The van der Waals surface area contributed by atoms with Gasteiger partial charge in [0.05, 0.1) is 0 Å². The van der Waals surface area contributed by atoms with Gasteiger partial charge in [-0.15, -0.1) is 0 Å². The molecule has 2 heteroatoms. The van der Waals surface area contributed by atoms with Gasteiger partial charge in [0.2, 0.25) is 0 Å². The lowest BCUT2D eigenvalue weighted by atomic mass is 9.75. The van der Waals surface area contributed by atoms with Crippen LogP contribution in [-0.2, 0) is 6.54 Å². The van der Waals surface area contributed by atoms with Gasteiger partial charge >= 0.3 is 0 Å². The van der Waals surface area contributed by atoms with E-state index in [1.807, 2.05) is 0 Å². The summed E-state index contributed by atoms with van der Waals surface area (Å²) in [7, 11) is 0. The molecule has 1 fully saturated rings. The van der Waals surface area contributed by atoms with Crippen LogP contribution >= 0.6 is 15.9 Å². The molecule has 18 heavy (non-hydrogen) atoms. The fourth-order valence-corrected chi connectivity index (χ4v) is 4.28. The van der Waals surface area contributed by atoms with Crippen LogP contribution in [0.2, 0.25) is 0 Å². The van der Waals surface area contributed by atoms with Gasteiger partial charge in [0.15, 0.2) is 0 Å². The molecule has 1 atom stereocenters. The topological polar surface area (TPSA) is 12.0 Å². The number of nitrogens with one attached hydrogen (secondary N) is 1. The predicted octanol–water partition coefficient (Wildman–Crippen LogP) is 4.75. The van der Waals surface area contributed by atoms with Crippen molar-refractivity contribution < 1.29 is 0 Å². The Balaban J connectivity index is 1.90. The Morgan fingerprint density at radius 3 is 2.78 bits per heavy atom. The summed E-state index contributed by atoms with van der Waals surface area (Å²) in [5, 5.41) is 3.89. The Kier molecular flexibility index (Phi) is 3.50. The van der Waals surface area contributed by atoms with Crippen LogP contribution in [0, 0.1) is 0 Å². The van der Waals surface area contributed by atoms with Gasteiger partial charge in [-0.05, 0) is 48.4 Å². The summed E-state index contributed by atoms with van der Waals surface area (Å²) in [6, 6.07) is 6.79. The lowest BCUT2D eigenvalue weighted by Gasteiger charge is -2.38. The van der Waals surface area contributed by atoms with Gasteiger partial charge < -0.3 is 5.32 Å². The molecular formula is C16H22BrN. The first-order valence-corrected chi connectivity index (χ1v) is 8.01. The van der Waals surface area contributed by atoms with E-state index in [-0.39, 0.29) is 0 Å². The van der Waals surface area contributed by atoms with Gasteiger partial charge in [0, 0.05) is 16.6 Å². The molecule has 98 valence electrons. The highest BCUT2D eigenvalue weighted by molar-refractivity contribution is 9.10. The smallest absolute Gasteiger partial charge is 0.0213 e. The van der Waals surface area contributed by atoms with Crippen molar-refractivity contribution in [1.82, 2.24) is 5.32 Å². The minimum atomic E-state index is 0.420. The monoisotopic (exact) mass is 307 g/mol. The van der Waals surface area contributed by atoms with Gasteiger partial charge in [-0.25, -0.2) is 0 Å². The molecular weight excluding hydrogens is 286 g/mol. The second-order valence-corrected chi connectivity index (χ2v) is 7.06. The zero-order chi connectivity index (χ0) is 12.6. The molecule has 1 saturated carbocycles. The number of rotatable bonds is 0. The zero-order valence-corrected chi connectivity index (χ0v) is 12.7. The van der Waals surface area contributed by atoms with Crippen molar-refractivity contribution in [3.05, 3.63) is 33.8 Å². The normalized spacial score (nSPS) is 26.7. The fraction of sp³-hybridized carbons (Fsp3) is 0.625. The van der Waals surface area contributed by atoms with Crippen LogP contribution in [0.5, 0.6) is 0 Å². The maximum atomic E-state index is 3.89. The minimum absolute atomic E-state index is 0.420. The minimum Gasteiger partial charge on any atom is -0.307 e. The summed E-state index contributed by atoms with van der Waals surface area (Å²) < 4.78 is 1.20. The SMILES string of the molecule is CC1CC2(CCCCC2)NCc2cc(Br)ccc21. The number of hydrogen-bond acceptors (Lipinski definition) is 1. The maximum absolute atomic E-state index is 3.89. The van der Waals surface area contributed by atoms with Crippen molar-refractivity contribution in [2.45, 2.75) is 63.5 Å². The molecule has 1 aromatic carbocycles. The predicted molar refractivity (Wildman–Crippen MR) is 79.8 cm³/mol. The average Bonchev–Trinajstić information content (AvgIpc) is 2.49. The second kappa shape index (κ2) is 4.97. The van der Waals surface area contributed by atoms with Crippen molar-refractivity contribution in [1.29, 1.82) is 0 Å². The number of hydrogen-bond donors (Lipinski definition) is 1. The molecule has 0 bridgehead atoms. The molecule has 1 N–H and O–H groups in total. The highest BCUT2D eigenvalue weighted by Crippen LogP contribution is 2.40. The van der Waals surface area contributed by atoms with Gasteiger partial charge in [0.1, 0.15) is 0 Å². The molecule has 0 saturated heterocycles. The van der Waals surface area contributed by atoms with E-state index in [4.69, 9.17) is 0 Å². The Morgan fingerprint density at radius 2 is 2.00 bits per heavy atom. The Hall–Kier alpha value is -0.340. The van der Waals surface area contributed by atoms with Crippen molar-refractivity contribution in [2.75, 3.05) is 0 Å². The van der Waals surface area contributed by atoms with Crippen LogP contribution in [0.25, 0.3) is 0 Å². The molecule has 1 heterocycles. The number of benzene rings is 1. The molecule has 0 radical (unpaired) electrons. The average molecular weight is 308 g/mol. The Labute approximate surface area is 118 Å². The lowest BCUT2D eigenvalue weighted by Crippen LogP contribution is -2.45. The van der Waals surface area contributed by atoms with Crippen LogP contribution in [0.1, 0.15) is 62.5 Å². The Morgan fingerprint density at radius 1 is 1.22 bits per heavy atom. The summed E-state index contributed by atoms with van der Waals surface area (Å²) in [4.78, 5) is 0. The van der Waals surface area contributed by atoms with E-state index < -0.39 is 0 Å². The molecule has 0 amide bonds. The standard InChI is InChI=1S/C16H22BrN/c1-12-10-16(7-3-2-4-8-16)18-11-13-9-14(17)5-6-15(12)13/h5-6,9,12,18H,2-4,7-8,10-11H2,1H3. The summed E-state index contributed by atoms with van der Waals surface area (Å²) in [5.41, 5.74) is 3.45. The highest BCUT2D eigenvalue weighted by atomic mass is 79.9. The molecule has 3 rings (SSSR count). The number of halogens is 1. The highest BCUT2D eigenvalue weighted by Gasteiger charge is 2.35. The molecule has 1 aliphatic heterocycles. The first kappa shape index (κ1) is 12.7. The van der Waals surface area contributed by atoms with E-state index >= 15 is 0 Å². The molecule has 1 unspecified atom stereocenters. The second-order valence-electron chi connectivity index (χ2n) is 6.14. The summed E-state index contributed by atoms with van der Waals surface area (Å²) in [6.45, 7) is 3.44. The van der Waals surface area contributed by atoms with Crippen LogP contribution in [-0.4, -0.2) is 5.54 Å². The van der Waals surface area contributed by atoms with E-state index in [0.717, 1.165) is 6.54 Å². The van der Waals surface area contributed by atoms with Crippen molar-refractivity contribution in [3.63, 3.8) is 0 Å². The Bertz CT molecular complexity index is 435. The molecule has 0 aromatic heterocycles. The summed E-state index contributed by atoms with van der Waals surface area (Å²) in [6.07, 6.45) is 8.27. The van der Waals surface area contributed by atoms with Crippen LogP contribution in [0.4, 0.5) is 0 Å². The largest absolute Gasteiger partial charge is 0.307 e. The van der Waals surface area contributed by atoms with Gasteiger partial charge in [-0.3, -0.25) is 0 Å². The van der Waals surface area contributed by atoms with E-state index in [1.54, 1.807) is 5.56 Å². The van der Waals surface area contributed by atoms with E-state index in [9.17, 15) is 0 Å². The third-order valence-corrected chi connectivity index (χ3v) is 5.29. The van der Waals surface area contributed by atoms with E-state index in [2.05, 4.69) is 46.4 Å². The maximum Gasteiger partial charge on any atom is 0.0213 e. The number of fused-ring (bicyclic) bond motifs is 1. The van der Waals surface area contributed by atoms with Gasteiger partial charge in [0.25, 0.3) is 0 Å². The molecule has 2 aliphatic rings. The molecule has 1 aliphatic carbocycles. The van der Waals surface area contributed by atoms with Crippen molar-refractivity contribution in [3.8, 4) is 0 Å². The van der Waals surface area contributed by atoms with E-state index in [0.29, 0.717) is 11.5 Å². The zero-order valence-electron chi connectivity index (χ0n) is 11.1. The molecule has 1 aromatic rings. The van der Waals surface area contributed by atoms with Gasteiger partial charge in [-0.2, -0.15) is 0 Å². The van der Waals surface area contributed by atoms with Crippen molar-refractivity contribution >= 4 is 15.9 Å². The lowest BCUT2D eigenvalue weighted by molar-refractivity contribution is 0.209. The van der Waals surface area contributed by atoms with Crippen LogP contribution in [0.15, 0.2) is 22.7 Å². The van der Waals surface area contributed by atoms with Gasteiger partial charge in [-0.1, -0.05) is 48.2 Å². The fourth-order valence-electron chi connectivity index (χ4n) is 3.87. The quantitative estimate of drug-likeness (QED) is 0.729. The molecule has 1 nitrogen and oxygen atoms in total. The summed E-state index contributed by atoms with van der Waals surface area (Å²) >= 11 is 3.60. The third-order valence-electron chi connectivity index (χ3n) is 4.80. The third kappa shape index (κ3) is 2.37. The van der Waals surface area contributed by atoms with Crippen LogP contribution in [0.3, 0.4) is 0 Å². The first-order valence-electron chi connectivity index (χ1n) is 7.22.